The van der Waals surface area contributed by atoms with Crippen LogP contribution in [0, 0.1) is 12.2 Å². The second kappa shape index (κ2) is 5.85. The average molecular weight is 376 g/mol. The predicted octanol–water partition coefficient (Wildman–Crippen LogP) is 4.26. The second-order valence-electron chi connectivity index (χ2n) is 6.29. The maximum Gasteiger partial charge on any atom is 0.177 e. The highest BCUT2D eigenvalue weighted by molar-refractivity contribution is 7.91. The Kier molecular flexibility index (Phi) is 3.89. The van der Waals surface area contributed by atoms with Crippen molar-refractivity contribution in [3.63, 3.8) is 0 Å². The van der Waals surface area contributed by atoms with Gasteiger partial charge in [-0.25, -0.2) is 12.8 Å². The van der Waals surface area contributed by atoms with E-state index in [0.29, 0.717) is 22.5 Å². The van der Waals surface area contributed by atoms with E-state index in [9.17, 15) is 12.8 Å². The van der Waals surface area contributed by atoms with Crippen molar-refractivity contribution >= 4 is 32.3 Å². The number of rotatable bonds is 3. The van der Waals surface area contributed by atoms with Gasteiger partial charge in [-0.05, 0) is 48.2 Å². The van der Waals surface area contributed by atoms with Crippen LogP contribution in [0.5, 0.6) is 0 Å². The monoisotopic (exact) mass is 375 g/mol. The zero-order valence-corrected chi connectivity index (χ0v) is 15.1. The van der Waals surface area contributed by atoms with Crippen molar-refractivity contribution in [1.29, 1.82) is 0 Å². The molecule has 1 heterocycles. The van der Waals surface area contributed by atoms with E-state index in [2.05, 4.69) is 6.42 Å². The van der Waals surface area contributed by atoms with Crippen molar-refractivity contribution < 1.29 is 12.8 Å². The number of aromatic nitrogens is 1. The maximum atomic E-state index is 14.1. The van der Waals surface area contributed by atoms with Crippen molar-refractivity contribution in [1.82, 2.24) is 4.57 Å². The first-order valence-electron chi connectivity index (χ1n) is 7.87. The summed E-state index contributed by atoms with van der Waals surface area (Å²) in [7, 11) is -3.57. The van der Waals surface area contributed by atoms with E-state index < -0.39 is 15.7 Å². The number of aryl methyl sites for hydroxylation is 1. The second-order valence-corrected chi connectivity index (χ2v) is 8.71. The Hall–Kier alpha value is -1.85. The third-order valence-corrected chi connectivity index (χ3v) is 5.87. The van der Waals surface area contributed by atoms with Gasteiger partial charge in [0.15, 0.2) is 9.84 Å². The molecular formula is C19H15ClFNO2S. The Morgan fingerprint density at radius 3 is 2.64 bits per heavy atom. The quantitative estimate of drug-likeness (QED) is 0.686. The van der Waals surface area contributed by atoms with Gasteiger partial charge in [0.25, 0.3) is 0 Å². The molecule has 2 radical (unpaired) electrons. The first kappa shape index (κ1) is 16.6. The van der Waals surface area contributed by atoms with E-state index in [1.165, 1.54) is 6.07 Å². The van der Waals surface area contributed by atoms with Gasteiger partial charge < -0.3 is 4.57 Å². The minimum Gasteiger partial charge on any atom is -0.338 e. The highest BCUT2D eigenvalue weighted by atomic mass is 35.5. The van der Waals surface area contributed by atoms with Crippen LogP contribution in [0.1, 0.15) is 23.2 Å². The summed E-state index contributed by atoms with van der Waals surface area (Å²) in [5.74, 6) is -0.536. The first-order chi connectivity index (χ1) is 11.8. The van der Waals surface area contributed by atoms with Crippen molar-refractivity contribution in [2.45, 2.75) is 24.3 Å². The summed E-state index contributed by atoms with van der Waals surface area (Å²) < 4.78 is 40.5. The fourth-order valence-electron chi connectivity index (χ4n) is 3.46. The summed E-state index contributed by atoms with van der Waals surface area (Å²) in [5.41, 5.74) is 3.37. The van der Waals surface area contributed by atoms with Gasteiger partial charge in [-0.1, -0.05) is 23.7 Å². The van der Waals surface area contributed by atoms with Gasteiger partial charge in [0.2, 0.25) is 0 Å². The zero-order valence-electron chi connectivity index (χ0n) is 13.5. The van der Waals surface area contributed by atoms with Gasteiger partial charge in [0.1, 0.15) is 5.82 Å². The highest BCUT2D eigenvalue weighted by Crippen LogP contribution is 2.38. The molecular weight excluding hydrogens is 361 g/mol. The molecule has 0 fully saturated rings. The van der Waals surface area contributed by atoms with Crippen LogP contribution in [-0.4, -0.2) is 19.2 Å². The van der Waals surface area contributed by atoms with Gasteiger partial charge in [-0.15, -0.1) is 0 Å². The fraction of sp³-hybridized carbons (Fsp3) is 0.211. The molecule has 4 rings (SSSR count). The molecule has 1 aromatic heterocycles. The summed E-state index contributed by atoms with van der Waals surface area (Å²) in [5, 5.41) is 1.30. The molecule has 2 aromatic carbocycles. The molecule has 0 saturated carbocycles. The number of nitrogens with zero attached hydrogens (tertiary/aromatic N) is 1. The van der Waals surface area contributed by atoms with E-state index in [4.69, 9.17) is 11.6 Å². The van der Waals surface area contributed by atoms with Crippen LogP contribution < -0.4 is 0 Å². The molecule has 25 heavy (non-hydrogen) atoms. The third-order valence-electron chi connectivity index (χ3n) is 4.51. The lowest BCUT2D eigenvalue weighted by Crippen LogP contribution is -2.07. The Bertz CT molecular complexity index is 1090. The number of halogens is 2. The zero-order chi connectivity index (χ0) is 17.8. The largest absolute Gasteiger partial charge is 0.338 e. The molecule has 0 atom stereocenters. The summed E-state index contributed by atoms with van der Waals surface area (Å²) in [6.45, 7) is 0.476. The molecule has 1 aliphatic carbocycles. The van der Waals surface area contributed by atoms with Crippen LogP contribution >= 0.6 is 11.6 Å². The molecule has 0 amide bonds. The third kappa shape index (κ3) is 2.85. The fourth-order valence-corrected chi connectivity index (χ4v) is 4.48. The highest BCUT2D eigenvalue weighted by Gasteiger charge is 2.27. The normalized spacial score (nSPS) is 14.2. The van der Waals surface area contributed by atoms with E-state index in [0.717, 1.165) is 42.0 Å². The molecule has 128 valence electrons. The van der Waals surface area contributed by atoms with Crippen LogP contribution in [0.25, 0.3) is 10.9 Å². The first-order valence-corrected chi connectivity index (χ1v) is 10.1. The number of hydrogen-bond acceptors (Lipinski definition) is 2. The van der Waals surface area contributed by atoms with Crippen molar-refractivity contribution in [2.24, 2.45) is 0 Å². The van der Waals surface area contributed by atoms with Crippen molar-refractivity contribution in [3.8, 4) is 0 Å². The van der Waals surface area contributed by atoms with Crippen molar-refractivity contribution in [2.75, 3.05) is 6.26 Å². The van der Waals surface area contributed by atoms with Crippen LogP contribution in [0.4, 0.5) is 4.39 Å². The van der Waals surface area contributed by atoms with E-state index in [1.807, 2.05) is 16.7 Å². The predicted molar refractivity (Wildman–Crippen MR) is 96.2 cm³/mol. The minimum absolute atomic E-state index is 0.0210. The summed E-state index contributed by atoms with van der Waals surface area (Å²) in [6, 6.07) is 9.93. The Balaban J connectivity index is 2.01. The van der Waals surface area contributed by atoms with Gasteiger partial charge in [-0.2, -0.15) is 0 Å². The summed E-state index contributed by atoms with van der Waals surface area (Å²) in [4.78, 5) is 0.0210. The Labute approximate surface area is 151 Å². The molecule has 6 heteroatoms. The Morgan fingerprint density at radius 2 is 1.96 bits per heavy atom. The van der Waals surface area contributed by atoms with Gasteiger partial charge >= 0.3 is 0 Å². The molecule has 3 aromatic rings. The lowest BCUT2D eigenvalue weighted by molar-refractivity contribution is 0.596. The van der Waals surface area contributed by atoms with Crippen molar-refractivity contribution in [3.05, 3.63) is 70.5 Å². The van der Waals surface area contributed by atoms with Crippen LogP contribution in [0.2, 0.25) is 5.02 Å². The molecule has 0 unspecified atom stereocenters. The molecule has 1 aliphatic rings. The summed E-state index contributed by atoms with van der Waals surface area (Å²) >= 11 is 5.94. The van der Waals surface area contributed by atoms with Gasteiger partial charge in [-0.3, -0.25) is 0 Å². The minimum atomic E-state index is -3.57. The summed E-state index contributed by atoms with van der Waals surface area (Å²) in [6.07, 6.45) is 5.92. The molecule has 0 bridgehead atoms. The average Bonchev–Trinajstić information content (AvgIpc) is 3.11. The Morgan fingerprint density at radius 1 is 1.24 bits per heavy atom. The van der Waals surface area contributed by atoms with Gasteiger partial charge in [0, 0.05) is 35.3 Å². The number of benzene rings is 2. The van der Waals surface area contributed by atoms with Crippen LogP contribution in [0.15, 0.2) is 41.3 Å². The SMILES string of the molecule is CS(=O)(=O)c1cc(F)cc2c3c(n(Cc4ccc(Cl)cc4)c12)[C]CC3. The van der Waals surface area contributed by atoms with Gasteiger partial charge in [0.05, 0.1) is 10.4 Å². The van der Waals surface area contributed by atoms with E-state index in [1.54, 1.807) is 12.1 Å². The smallest absolute Gasteiger partial charge is 0.177 e. The molecule has 0 aliphatic heterocycles. The van der Waals surface area contributed by atoms with E-state index in [-0.39, 0.29) is 4.90 Å². The molecule has 0 saturated heterocycles. The van der Waals surface area contributed by atoms with Crippen LogP contribution in [-0.2, 0) is 22.8 Å². The lowest BCUT2D eigenvalue weighted by Gasteiger charge is -2.12. The maximum absolute atomic E-state index is 14.1. The molecule has 0 N–H and O–H groups in total. The number of sulfone groups is 1. The lowest BCUT2D eigenvalue weighted by atomic mass is 10.1. The standard InChI is InChI=1S/C19H15ClFNO2S/c1-25(23,24)18-10-14(21)9-16-15-3-2-4-17(15)22(19(16)18)11-12-5-7-13(20)8-6-12/h5-10H,2-3,11H2,1H3. The number of fused-ring (bicyclic) bond motifs is 3. The molecule has 3 nitrogen and oxygen atoms in total. The molecule has 0 spiro atoms. The topological polar surface area (TPSA) is 39.1 Å². The number of hydrogen-bond donors (Lipinski definition) is 0. The van der Waals surface area contributed by atoms with Crippen LogP contribution in [0.3, 0.4) is 0 Å². The van der Waals surface area contributed by atoms with E-state index >= 15 is 0 Å².